The normalized spacial score (nSPS) is 11.9. The van der Waals surface area contributed by atoms with Crippen LogP contribution in [0.3, 0.4) is 0 Å². The van der Waals surface area contributed by atoms with Crippen molar-refractivity contribution >= 4 is 5.97 Å². The van der Waals surface area contributed by atoms with Crippen LogP contribution in [0.4, 0.5) is 0 Å². The minimum absolute atomic E-state index is 0. The van der Waals surface area contributed by atoms with Crippen molar-refractivity contribution in [3.63, 3.8) is 0 Å². The Balaban J connectivity index is 0. The van der Waals surface area contributed by atoms with Gasteiger partial charge in [0.05, 0.1) is 0 Å². The van der Waals surface area contributed by atoms with Gasteiger partial charge in [0.25, 0.3) is 0 Å². The van der Waals surface area contributed by atoms with Crippen LogP contribution in [0.2, 0.25) is 0 Å². The van der Waals surface area contributed by atoms with E-state index < -0.39 is 5.97 Å². The Hall–Kier alpha value is -1.57. The van der Waals surface area contributed by atoms with Gasteiger partial charge in [0.15, 0.2) is 0 Å². The van der Waals surface area contributed by atoms with Crippen LogP contribution in [0.25, 0.3) is 0 Å². The zero-order chi connectivity index (χ0) is 16.3. The predicted octanol–water partition coefficient (Wildman–Crippen LogP) is 6.85. The Morgan fingerprint density at radius 1 is 0.739 bits per heavy atom. The lowest BCUT2D eigenvalue weighted by molar-refractivity contribution is -0.131. The lowest BCUT2D eigenvalue weighted by Gasteiger charge is -2.00. The van der Waals surface area contributed by atoms with Gasteiger partial charge in [-0.1, -0.05) is 108 Å². The average molecular weight is 321 g/mol. The zero-order valence-corrected chi connectivity index (χ0v) is 14.0. The standard InChI is InChI=1S/C20H32O2.CH4/c1-2-3-4-5-6-7-8-9-10-11-12-13-14-15-16-17-18-19-20(21)22;/h12-19H,2-11H2,1H3,(H,21,22);1H4. The summed E-state index contributed by atoms with van der Waals surface area (Å²) in [5, 5.41) is 8.39. The van der Waals surface area contributed by atoms with Crippen LogP contribution in [0.5, 0.6) is 0 Å². The summed E-state index contributed by atoms with van der Waals surface area (Å²) in [5.41, 5.74) is 0. The van der Waals surface area contributed by atoms with E-state index in [0.717, 1.165) is 12.5 Å². The van der Waals surface area contributed by atoms with Crippen LogP contribution in [-0.2, 0) is 4.79 Å². The van der Waals surface area contributed by atoms with Gasteiger partial charge in [-0.25, -0.2) is 4.79 Å². The lowest BCUT2D eigenvalue weighted by Crippen LogP contribution is -1.84. The van der Waals surface area contributed by atoms with Crippen molar-refractivity contribution < 1.29 is 9.90 Å². The van der Waals surface area contributed by atoms with Gasteiger partial charge < -0.3 is 5.11 Å². The van der Waals surface area contributed by atoms with Crippen LogP contribution in [0.1, 0.15) is 78.6 Å². The van der Waals surface area contributed by atoms with Crippen LogP contribution in [-0.4, -0.2) is 11.1 Å². The maximum atomic E-state index is 10.2. The third-order valence-electron chi connectivity index (χ3n) is 3.40. The first-order chi connectivity index (χ1) is 10.8. The summed E-state index contributed by atoms with van der Waals surface area (Å²) in [6.07, 6.45) is 27.7. The molecule has 0 aliphatic carbocycles. The summed E-state index contributed by atoms with van der Waals surface area (Å²) in [5.74, 6) is -0.922. The SMILES string of the molecule is C.CCCCCCCCCCCC=CC=CC=CC=CC(=O)O. The summed E-state index contributed by atoms with van der Waals surface area (Å²) in [4.78, 5) is 10.2. The fraction of sp³-hybridized carbons (Fsp3) is 0.571. The molecule has 2 nitrogen and oxygen atoms in total. The number of aliphatic carboxylic acids is 1. The lowest BCUT2D eigenvalue weighted by atomic mass is 10.1. The quantitative estimate of drug-likeness (QED) is 0.216. The van der Waals surface area contributed by atoms with Crippen molar-refractivity contribution in [1.82, 2.24) is 0 Å². The minimum Gasteiger partial charge on any atom is -0.478 e. The maximum Gasteiger partial charge on any atom is 0.328 e. The van der Waals surface area contributed by atoms with E-state index in [2.05, 4.69) is 19.1 Å². The first-order valence-electron chi connectivity index (χ1n) is 8.67. The summed E-state index contributed by atoms with van der Waals surface area (Å²) >= 11 is 0. The summed E-state index contributed by atoms with van der Waals surface area (Å²) in [7, 11) is 0. The fourth-order valence-corrected chi connectivity index (χ4v) is 2.14. The molecule has 0 aliphatic heterocycles. The number of carbonyl (C=O) groups is 1. The maximum absolute atomic E-state index is 10.2. The number of hydrogen-bond acceptors (Lipinski definition) is 1. The highest BCUT2D eigenvalue weighted by Crippen LogP contribution is 2.10. The molecule has 1 N–H and O–H groups in total. The van der Waals surface area contributed by atoms with E-state index in [0.29, 0.717) is 0 Å². The molecule has 0 heterocycles. The van der Waals surface area contributed by atoms with Gasteiger partial charge in [-0.3, -0.25) is 0 Å². The number of allylic oxidation sites excluding steroid dienone is 7. The molecule has 0 unspecified atom stereocenters. The van der Waals surface area contributed by atoms with E-state index in [1.54, 1.807) is 6.08 Å². The van der Waals surface area contributed by atoms with Gasteiger partial charge >= 0.3 is 5.97 Å². The predicted molar refractivity (Wildman–Crippen MR) is 103 cm³/mol. The Labute approximate surface area is 143 Å². The molecule has 0 aromatic carbocycles. The number of unbranched alkanes of at least 4 members (excludes halogenated alkanes) is 9. The molecule has 2 heteroatoms. The minimum atomic E-state index is -0.922. The van der Waals surface area contributed by atoms with Gasteiger partial charge in [0, 0.05) is 6.08 Å². The molecule has 132 valence electrons. The highest BCUT2D eigenvalue weighted by molar-refractivity contribution is 5.80. The van der Waals surface area contributed by atoms with Gasteiger partial charge in [0.1, 0.15) is 0 Å². The molecular weight excluding hydrogens is 284 g/mol. The second-order valence-electron chi connectivity index (χ2n) is 5.51. The first kappa shape index (κ1) is 23.7. The molecular formula is C21H36O2. The van der Waals surface area contributed by atoms with Crippen molar-refractivity contribution in [2.75, 3.05) is 0 Å². The number of rotatable bonds is 14. The topological polar surface area (TPSA) is 37.3 Å². The fourth-order valence-electron chi connectivity index (χ4n) is 2.14. The average Bonchev–Trinajstić information content (AvgIpc) is 2.50. The van der Waals surface area contributed by atoms with Gasteiger partial charge in [-0.05, 0) is 12.8 Å². The van der Waals surface area contributed by atoms with E-state index in [4.69, 9.17) is 5.11 Å². The first-order valence-corrected chi connectivity index (χ1v) is 8.67. The Morgan fingerprint density at radius 3 is 1.78 bits per heavy atom. The number of carboxylic acid groups (broad SMARTS) is 1. The van der Waals surface area contributed by atoms with E-state index in [-0.39, 0.29) is 7.43 Å². The van der Waals surface area contributed by atoms with Crippen LogP contribution < -0.4 is 0 Å². The highest BCUT2D eigenvalue weighted by atomic mass is 16.4. The number of hydrogen-bond donors (Lipinski definition) is 1. The monoisotopic (exact) mass is 320 g/mol. The second kappa shape index (κ2) is 20.4. The molecule has 0 aromatic rings. The van der Waals surface area contributed by atoms with Crippen molar-refractivity contribution in [2.45, 2.75) is 78.6 Å². The molecule has 23 heavy (non-hydrogen) atoms. The molecule has 0 radical (unpaired) electrons. The number of carboxylic acids is 1. The molecule has 0 aliphatic rings. The molecule has 0 saturated carbocycles. The summed E-state index contributed by atoms with van der Waals surface area (Å²) < 4.78 is 0. The molecule has 0 spiro atoms. The second-order valence-corrected chi connectivity index (χ2v) is 5.51. The van der Waals surface area contributed by atoms with Crippen LogP contribution in [0.15, 0.2) is 48.6 Å². The molecule has 0 fully saturated rings. The molecule has 0 rings (SSSR count). The van der Waals surface area contributed by atoms with E-state index in [1.807, 2.05) is 18.2 Å². The largest absolute Gasteiger partial charge is 0.478 e. The van der Waals surface area contributed by atoms with Crippen LogP contribution >= 0.6 is 0 Å². The molecule has 0 bridgehead atoms. The molecule has 0 saturated heterocycles. The highest BCUT2D eigenvalue weighted by Gasteiger charge is 1.90. The van der Waals surface area contributed by atoms with Crippen molar-refractivity contribution in [1.29, 1.82) is 0 Å². The third-order valence-corrected chi connectivity index (χ3v) is 3.40. The van der Waals surface area contributed by atoms with Crippen molar-refractivity contribution in [3.8, 4) is 0 Å². The van der Waals surface area contributed by atoms with Crippen molar-refractivity contribution in [2.24, 2.45) is 0 Å². The van der Waals surface area contributed by atoms with E-state index >= 15 is 0 Å². The third kappa shape index (κ3) is 22.8. The van der Waals surface area contributed by atoms with Gasteiger partial charge in [-0.2, -0.15) is 0 Å². The zero-order valence-electron chi connectivity index (χ0n) is 14.0. The van der Waals surface area contributed by atoms with Crippen molar-refractivity contribution in [3.05, 3.63) is 48.6 Å². The summed E-state index contributed by atoms with van der Waals surface area (Å²) in [6.45, 7) is 2.26. The molecule has 0 aromatic heterocycles. The van der Waals surface area contributed by atoms with Gasteiger partial charge in [0.2, 0.25) is 0 Å². The van der Waals surface area contributed by atoms with Gasteiger partial charge in [-0.15, -0.1) is 0 Å². The molecule has 0 amide bonds. The summed E-state index contributed by atoms with van der Waals surface area (Å²) in [6, 6.07) is 0. The Bertz CT molecular complexity index is 362. The Morgan fingerprint density at radius 2 is 1.22 bits per heavy atom. The smallest absolute Gasteiger partial charge is 0.328 e. The van der Waals surface area contributed by atoms with Crippen LogP contribution in [0, 0.1) is 0 Å². The van der Waals surface area contributed by atoms with E-state index in [1.165, 1.54) is 63.9 Å². The molecule has 0 atom stereocenters. The van der Waals surface area contributed by atoms with E-state index in [9.17, 15) is 4.79 Å². The Kier molecular flexibility index (Phi) is 21.0.